The van der Waals surface area contributed by atoms with Crippen molar-refractivity contribution < 1.29 is 4.79 Å². The summed E-state index contributed by atoms with van der Waals surface area (Å²) in [5, 5.41) is 3.03. The average Bonchev–Trinajstić information content (AvgIpc) is 2.38. The number of hydrogen-bond donors (Lipinski definition) is 2. The zero-order valence-corrected chi connectivity index (χ0v) is 12.3. The number of amides is 1. The summed E-state index contributed by atoms with van der Waals surface area (Å²) in [6, 6.07) is 7.99. The summed E-state index contributed by atoms with van der Waals surface area (Å²) in [4.78, 5) is 12.2. The van der Waals surface area contributed by atoms with Crippen molar-refractivity contribution in [3.8, 4) is 0 Å². The standard InChI is InChI=1S/C16H26N2O/c1-4-7-13-8-5-6-9-15(13)18-16(19)14(11-17)10-12(2)3/h5-6,8-9,12,14H,4,7,10-11,17H2,1-3H3,(H,18,19). The smallest absolute Gasteiger partial charge is 0.228 e. The first kappa shape index (κ1) is 15.7. The number of benzene rings is 1. The summed E-state index contributed by atoms with van der Waals surface area (Å²) < 4.78 is 0. The van der Waals surface area contributed by atoms with Gasteiger partial charge in [0.05, 0.1) is 5.92 Å². The maximum atomic E-state index is 12.2. The molecule has 0 saturated heterocycles. The molecule has 3 nitrogen and oxygen atoms in total. The third kappa shape index (κ3) is 5.03. The van der Waals surface area contributed by atoms with E-state index in [-0.39, 0.29) is 11.8 Å². The minimum Gasteiger partial charge on any atom is -0.330 e. The molecule has 1 aromatic rings. The Hall–Kier alpha value is -1.35. The Morgan fingerprint density at radius 3 is 2.58 bits per heavy atom. The van der Waals surface area contributed by atoms with Crippen LogP contribution in [0.5, 0.6) is 0 Å². The fourth-order valence-corrected chi connectivity index (χ4v) is 2.24. The molecule has 0 radical (unpaired) electrons. The van der Waals surface area contributed by atoms with Crippen LogP contribution in [0.1, 0.15) is 39.2 Å². The highest BCUT2D eigenvalue weighted by molar-refractivity contribution is 5.93. The predicted octanol–water partition coefficient (Wildman–Crippen LogP) is 3.20. The molecule has 1 amide bonds. The Morgan fingerprint density at radius 2 is 2.00 bits per heavy atom. The summed E-state index contributed by atoms with van der Waals surface area (Å²) in [7, 11) is 0. The van der Waals surface area contributed by atoms with Gasteiger partial charge in [0.1, 0.15) is 0 Å². The van der Waals surface area contributed by atoms with Crippen LogP contribution in [-0.4, -0.2) is 12.5 Å². The number of nitrogens with two attached hydrogens (primary N) is 1. The van der Waals surface area contributed by atoms with Crippen molar-refractivity contribution in [1.29, 1.82) is 0 Å². The van der Waals surface area contributed by atoms with Crippen molar-refractivity contribution in [3.05, 3.63) is 29.8 Å². The molecular formula is C16H26N2O. The van der Waals surface area contributed by atoms with Crippen LogP contribution >= 0.6 is 0 Å². The number of hydrogen-bond acceptors (Lipinski definition) is 2. The number of para-hydroxylation sites is 1. The zero-order chi connectivity index (χ0) is 14.3. The average molecular weight is 262 g/mol. The van der Waals surface area contributed by atoms with E-state index in [1.807, 2.05) is 18.2 Å². The first-order valence-electron chi connectivity index (χ1n) is 7.17. The normalized spacial score (nSPS) is 12.5. The van der Waals surface area contributed by atoms with Crippen molar-refractivity contribution in [2.24, 2.45) is 17.6 Å². The Morgan fingerprint density at radius 1 is 1.32 bits per heavy atom. The van der Waals surface area contributed by atoms with Gasteiger partial charge in [-0.3, -0.25) is 4.79 Å². The molecule has 0 spiro atoms. The second-order valence-corrected chi connectivity index (χ2v) is 5.46. The highest BCUT2D eigenvalue weighted by Gasteiger charge is 2.18. The molecule has 1 unspecified atom stereocenters. The third-order valence-electron chi connectivity index (χ3n) is 3.21. The van der Waals surface area contributed by atoms with E-state index in [1.54, 1.807) is 0 Å². The Labute approximate surface area is 116 Å². The van der Waals surface area contributed by atoms with E-state index >= 15 is 0 Å². The van der Waals surface area contributed by atoms with Crippen molar-refractivity contribution in [3.63, 3.8) is 0 Å². The maximum absolute atomic E-state index is 12.2. The van der Waals surface area contributed by atoms with E-state index in [0.29, 0.717) is 12.5 Å². The summed E-state index contributed by atoms with van der Waals surface area (Å²) in [6.07, 6.45) is 2.88. The lowest BCUT2D eigenvalue weighted by Crippen LogP contribution is -2.30. The summed E-state index contributed by atoms with van der Waals surface area (Å²) in [6.45, 7) is 6.77. The van der Waals surface area contributed by atoms with Crippen LogP contribution in [0.3, 0.4) is 0 Å². The lowest BCUT2D eigenvalue weighted by atomic mass is 9.96. The summed E-state index contributed by atoms with van der Waals surface area (Å²) in [5.74, 6) is 0.416. The van der Waals surface area contributed by atoms with E-state index in [9.17, 15) is 4.79 Å². The van der Waals surface area contributed by atoms with Crippen LogP contribution in [0.4, 0.5) is 5.69 Å². The van der Waals surface area contributed by atoms with Crippen LogP contribution < -0.4 is 11.1 Å². The first-order valence-corrected chi connectivity index (χ1v) is 7.17. The number of carbonyl (C=O) groups excluding carboxylic acids is 1. The molecule has 3 N–H and O–H groups in total. The van der Waals surface area contributed by atoms with E-state index in [2.05, 4.69) is 32.2 Å². The monoisotopic (exact) mass is 262 g/mol. The van der Waals surface area contributed by atoms with Gasteiger partial charge in [0.15, 0.2) is 0 Å². The van der Waals surface area contributed by atoms with E-state index in [1.165, 1.54) is 5.56 Å². The maximum Gasteiger partial charge on any atom is 0.228 e. The molecule has 0 aliphatic rings. The van der Waals surface area contributed by atoms with Gasteiger partial charge in [0.2, 0.25) is 5.91 Å². The fraction of sp³-hybridized carbons (Fsp3) is 0.562. The van der Waals surface area contributed by atoms with Crippen LogP contribution in [-0.2, 0) is 11.2 Å². The molecule has 1 atom stereocenters. The van der Waals surface area contributed by atoms with Gasteiger partial charge in [-0.2, -0.15) is 0 Å². The molecule has 3 heteroatoms. The Bertz CT molecular complexity index is 401. The molecule has 19 heavy (non-hydrogen) atoms. The van der Waals surface area contributed by atoms with Crippen LogP contribution in [0, 0.1) is 11.8 Å². The van der Waals surface area contributed by atoms with Crippen molar-refractivity contribution in [2.45, 2.75) is 40.0 Å². The number of carbonyl (C=O) groups is 1. The van der Waals surface area contributed by atoms with Crippen LogP contribution in [0.2, 0.25) is 0 Å². The van der Waals surface area contributed by atoms with Gasteiger partial charge in [0, 0.05) is 12.2 Å². The van der Waals surface area contributed by atoms with Crippen LogP contribution in [0.25, 0.3) is 0 Å². The number of aryl methyl sites for hydroxylation is 1. The second kappa shape index (κ2) is 7.95. The lowest BCUT2D eigenvalue weighted by Gasteiger charge is -2.18. The second-order valence-electron chi connectivity index (χ2n) is 5.46. The minimum atomic E-state index is -0.102. The zero-order valence-electron chi connectivity index (χ0n) is 12.3. The Balaban J connectivity index is 2.75. The fourth-order valence-electron chi connectivity index (χ4n) is 2.24. The molecular weight excluding hydrogens is 236 g/mol. The van der Waals surface area contributed by atoms with Gasteiger partial charge >= 0.3 is 0 Å². The minimum absolute atomic E-state index is 0.0414. The van der Waals surface area contributed by atoms with Gasteiger partial charge in [0.25, 0.3) is 0 Å². The predicted molar refractivity (Wildman–Crippen MR) is 81.1 cm³/mol. The van der Waals surface area contributed by atoms with Gasteiger partial charge in [-0.05, 0) is 30.4 Å². The molecule has 0 saturated carbocycles. The summed E-state index contributed by atoms with van der Waals surface area (Å²) in [5.41, 5.74) is 7.83. The van der Waals surface area contributed by atoms with E-state index < -0.39 is 0 Å². The highest BCUT2D eigenvalue weighted by Crippen LogP contribution is 2.19. The number of nitrogens with one attached hydrogen (secondary N) is 1. The number of rotatable bonds is 7. The van der Waals surface area contributed by atoms with E-state index in [0.717, 1.165) is 24.9 Å². The molecule has 0 fully saturated rings. The highest BCUT2D eigenvalue weighted by atomic mass is 16.1. The molecule has 0 bridgehead atoms. The molecule has 106 valence electrons. The first-order chi connectivity index (χ1) is 9.08. The van der Waals surface area contributed by atoms with Crippen LogP contribution in [0.15, 0.2) is 24.3 Å². The van der Waals surface area contributed by atoms with Gasteiger partial charge in [-0.25, -0.2) is 0 Å². The Kier molecular flexibility index (Phi) is 6.57. The molecule has 0 aromatic heterocycles. The van der Waals surface area contributed by atoms with Crippen molar-refractivity contribution in [2.75, 3.05) is 11.9 Å². The lowest BCUT2D eigenvalue weighted by molar-refractivity contribution is -0.120. The topological polar surface area (TPSA) is 55.1 Å². The SMILES string of the molecule is CCCc1ccccc1NC(=O)C(CN)CC(C)C. The largest absolute Gasteiger partial charge is 0.330 e. The van der Waals surface area contributed by atoms with Gasteiger partial charge in [-0.1, -0.05) is 45.4 Å². The molecule has 0 heterocycles. The van der Waals surface area contributed by atoms with Crippen molar-refractivity contribution in [1.82, 2.24) is 0 Å². The molecule has 1 rings (SSSR count). The van der Waals surface area contributed by atoms with Crippen molar-refractivity contribution >= 4 is 11.6 Å². The quantitative estimate of drug-likeness (QED) is 0.793. The van der Waals surface area contributed by atoms with E-state index in [4.69, 9.17) is 5.73 Å². The molecule has 1 aromatic carbocycles. The van der Waals surface area contributed by atoms with Gasteiger partial charge in [-0.15, -0.1) is 0 Å². The summed E-state index contributed by atoms with van der Waals surface area (Å²) >= 11 is 0. The third-order valence-corrected chi connectivity index (χ3v) is 3.21. The molecule has 0 aliphatic heterocycles. The van der Waals surface area contributed by atoms with Gasteiger partial charge < -0.3 is 11.1 Å². The molecule has 0 aliphatic carbocycles. The number of anilines is 1.